The Morgan fingerprint density at radius 3 is 2.08 bits per heavy atom. The number of Topliss-reactive ketones (excluding diaryl/α,β-unsaturated/α-hetero) is 1. The monoisotopic (exact) mass is 487 g/mol. The van der Waals surface area contributed by atoms with Crippen molar-refractivity contribution in [2.24, 2.45) is 0 Å². The summed E-state index contributed by atoms with van der Waals surface area (Å²) in [6, 6.07) is 21.5. The van der Waals surface area contributed by atoms with Crippen LogP contribution in [0.25, 0.3) is 0 Å². The minimum Gasteiger partial charge on any atom is -0.372 e. The molecule has 0 spiro atoms. The van der Waals surface area contributed by atoms with Gasteiger partial charge >= 0.3 is 0 Å². The number of hydrogen-bond donors (Lipinski definition) is 2. The Kier molecular flexibility index (Phi) is 7.33. The van der Waals surface area contributed by atoms with Crippen LogP contribution in [0.4, 0.5) is 5.69 Å². The van der Waals surface area contributed by atoms with Gasteiger partial charge in [0.1, 0.15) is 0 Å². The summed E-state index contributed by atoms with van der Waals surface area (Å²) in [6.45, 7) is 0.207. The molecule has 0 aromatic heterocycles. The Labute approximate surface area is 207 Å². The minimum atomic E-state index is -2.11. The number of imide groups is 1. The van der Waals surface area contributed by atoms with Crippen LogP contribution >= 0.6 is 0 Å². The maximum Gasteiger partial charge on any atom is 0.280 e. The highest BCUT2D eigenvalue weighted by molar-refractivity contribution is 6.04. The van der Waals surface area contributed by atoms with Crippen molar-refractivity contribution in [2.45, 2.75) is 24.5 Å². The van der Waals surface area contributed by atoms with E-state index < -0.39 is 34.2 Å². The maximum atomic E-state index is 13.4. The van der Waals surface area contributed by atoms with Gasteiger partial charge in [-0.1, -0.05) is 72.8 Å². The molecule has 3 aromatic rings. The number of hydrogen-bond acceptors (Lipinski definition) is 7. The van der Waals surface area contributed by atoms with Crippen molar-refractivity contribution in [3.05, 3.63) is 112 Å². The molecule has 1 atom stereocenters. The van der Waals surface area contributed by atoms with Crippen molar-refractivity contribution in [3.63, 3.8) is 0 Å². The maximum absolute atomic E-state index is 13.4. The van der Waals surface area contributed by atoms with Gasteiger partial charge in [-0.25, -0.2) is 0 Å². The van der Waals surface area contributed by atoms with Crippen molar-refractivity contribution < 1.29 is 24.4 Å². The van der Waals surface area contributed by atoms with Crippen LogP contribution in [0.15, 0.2) is 84.9 Å². The summed E-state index contributed by atoms with van der Waals surface area (Å²) in [5, 5.41) is 25.2. The number of nitro benzene ring substituents is 1. The van der Waals surface area contributed by atoms with Crippen molar-refractivity contribution >= 4 is 23.3 Å². The molecule has 184 valence electrons. The lowest BCUT2D eigenvalue weighted by molar-refractivity contribution is -0.385. The first-order valence-corrected chi connectivity index (χ1v) is 11.5. The van der Waals surface area contributed by atoms with E-state index in [1.807, 2.05) is 0 Å². The van der Waals surface area contributed by atoms with E-state index in [9.17, 15) is 29.6 Å². The van der Waals surface area contributed by atoms with Crippen LogP contribution in [0.3, 0.4) is 0 Å². The van der Waals surface area contributed by atoms with Gasteiger partial charge in [-0.2, -0.15) is 0 Å². The molecule has 9 heteroatoms. The van der Waals surface area contributed by atoms with E-state index >= 15 is 0 Å². The van der Waals surface area contributed by atoms with E-state index in [1.165, 1.54) is 18.2 Å². The van der Waals surface area contributed by atoms with Gasteiger partial charge in [0.25, 0.3) is 11.6 Å². The van der Waals surface area contributed by atoms with E-state index in [2.05, 4.69) is 5.32 Å². The summed E-state index contributed by atoms with van der Waals surface area (Å²) in [7, 11) is 0. The summed E-state index contributed by atoms with van der Waals surface area (Å²) in [6.07, 6.45) is 1.01. The molecular weight excluding hydrogens is 462 g/mol. The first-order chi connectivity index (χ1) is 17.3. The molecule has 1 aliphatic rings. The number of nitrogens with one attached hydrogen (secondary N) is 1. The van der Waals surface area contributed by atoms with Crippen molar-refractivity contribution in [1.82, 2.24) is 10.2 Å². The molecule has 0 unspecified atom stereocenters. The van der Waals surface area contributed by atoms with Gasteiger partial charge in [0.05, 0.1) is 23.1 Å². The zero-order chi connectivity index (χ0) is 25.7. The Bertz CT molecular complexity index is 1240. The molecule has 0 bridgehead atoms. The van der Waals surface area contributed by atoms with Gasteiger partial charge in [0.2, 0.25) is 5.91 Å². The number of carbonyl (C=O) groups excluding carboxylic acids is 3. The summed E-state index contributed by atoms with van der Waals surface area (Å²) in [4.78, 5) is 51.7. The van der Waals surface area contributed by atoms with E-state index in [-0.39, 0.29) is 17.8 Å². The molecule has 4 rings (SSSR count). The number of para-hydroxylation sites is 1. The van der Waals surface area contributed by atoms with Crippen LogP contribution in [0.5, 0.6) is 0 Å². The SMILES string of the molecule is O=C(CN1CCC[C@H]1C(=O)NC(=O)C(O)(c1ccccc1)c1ccccc1)c1ccccc1[N+](=O)[O-]. The fourth-order valence-corrected chi connectivity index (χ4v) is 4.52. The second kappa shape index (κ2) is 10.6. The van der Waals surface area contributed by atoms with E-state index in [0.717, 1.165) is 0 Å². The van der Waals surface area contributed by atoms with Crippen LogP contribution in [0.1, 0.15) is 34.3 Å². The highest BCUT2D eigenvalue weighted by Gasteiger charge is 2.42. The third-order valence-corrected chi connectivity index (χ3v) is 6.36. The summed E-state index contributed by atoms with van der Waals surface area (Å²) in [5.74, 6) is -2.03. The Morgan fingerprint density at radius 2 is 1.50 bits per heavy atom. The summed E-state index contributed by atoms with van der Waals surface area (Å²) < 4.78 is 0. The first kappa shape index (κ1) is 24.9. The highest BCUT2D eigenvalue weighted by Crippen LogP contribution is 2.30. The largest absolute Gasteiger partial charge is 0.372 e. The quantitative estimate of drug-likeness (QED) is 0.284. The number of rotatable bonds is 8. The molecule has 2 N–H and O–H groups in total. The zero-order valence-corrected chi connectivity index (χ0v) is 19.4. The Balaban J connectivity index is 1.53. The number of amides is 2. The fraction of sp³-hybridized carbons (Fsp3) is 0.222. The molecular formula is C27H25N3O6. The van der Waals surface area contributed by atoms with Crippen molar-refractivity contribution in [3.8, 4) is 0 Å². The molecule has 1 fully saturated rings. The van der Waals surface area contributed by atoms with E-state index in [1.54, 1.807) is 71.6 Å². The second-order valence-electron chi connectivity index (χ2n) is 8.59. The lowest BCUT2D eigenvalue weighted by Crippen LogP contribution is -2.53. The van der Waals surface area contributed by atoms with Gasteiger partial charge < -0.3 is 5.11 Å². The number of aliphatic hydroxyl groups is 1. The molecule has 9 nitrogen and oxygen atoms in total. The molecule has 2 amide bonds. The van der Waals surface area contributed by atoms with Crippen LogP contribution in [0.2, 0.25) is 0 Å². The Hall–Kier alpha value is -4.21. The van der Waals surface area contributed by atoms with Gasteiger partial charge in [-0.15, -0.1) is 0 Å². The predicted molar refractivity (Wildman–Crippen MR) is 131 cm³/mol. The number of ketones is 1. The molecule has 1 aliphatic heterocycles. The predicted octanol–water partition coefficient (Wildman–Crippen LogP) is 2.82. The molecule has 1 heterocycles. The molecule has 0 saturated carbocycles. The third-order valence-electron chi connectivity index (χ3n) is 6.36. The van der Waals surface area contributed by atoms with E-state index in [0.29, 0.717) is 30.5 Å². The van der Waals surface area contributed by atoms with Gasteiger partial charge in [-0.3, -0.25) is 34.7 Å². The lowest BCUT2D eigenvalue weighted by Gasteiger charge is -2.29. The van der Waals surface area contributed by atoms with Crippen molar-refractivity contribution in [1.29, 1.82) is 0 Å². The van der Waals surface area contributed by atoms with Crippen LogP contribution < -0.4 is 5.32 Å². The number of benzene rings is 3. The zero-order valence-electron chi connectivity index (χ0n) is 19.4. The molecule has 1 saturated heterocycles. The fourth-order valence-electron chi connectivity index (χ4n) is 4.52. The topological polar surface area (TPSA) is 130 Å². The molecule has 0 radical (unpaired) electrons. The van der Waals surface area contributed by atoms with Gasteiger partial charge in [0, 0.05) is 6.07 Å². The van der Waals surface area contributed by atoms with Crippen LogP contribution in [-0.2, 0) is 15.2 Å². The molecule has 0 aliphatic carbocycles. The number of likely N-dealkylation sites (tertiary alicyclic amines) is 1. The molecule has 3 aromatic carbocycles. The van der Waals surface area contributed by atoms with E-state index in [4.69, 9.17) is 0 Å². The third kappa shape index (κ3) is 4.93. The standard InChI is InChI=1S/C27H25N3O6/c31-24(21-14-7-8-15-22(21)30(35)36)18-29-17-9-16-23(29)25(32)28-26(33)27(34,19-10-3-1-4-11-19)20-12-5-2-6-13-20/h1-8,10-15,23,34H,9,16-18H2,(H,28,32,33)/t23-/m0/s1. The van der Waals surface area contributed by atoms with Crippen LogP contribution in [0, 0.1) is 10.1 Å². The summed E-state index contributed by atoms with van der Waals surface area (Å²) >= 11 is 0. The van der Waals surface area contributed by atoms with Gasteiger partial charge in [0.15, 0.2) is 11.4 Å². The first-order valence-electron chi connectivity index (χ1n) is 11.5. The van der Waals surface area contributed by atoms with Gasteiger partial charge in [-0.05, 0) is 36.6 Å². The molecule has 36 heavy (non-hydrogen) atoms. The average Bonchev–Trinajstić information content (AvgIpc) is 3.37. The average molecular weight is 488 g/mol. The second-order valence-corrected chi connectivity index (χ2v) is 8.59. The minimum absolute atomic E-state index is 0.0350. The number of carbonyl (C=O) groups is 3. The highest BCUT2D eigenvalue weighted by atomic mass is 16.6. The lowest BCUT2D eigenvalue weighted by atomic mass is 9.85. The number of nitrogens with zero attached hydrogens (tertiary/aromatic N) is 2. The smallest absolute Gasteiger partial charge is 0.280 e. The Morgan fingerprint density at radius 1 is 0.944 bits per heavy atom. The summed E-state index contributed by atoms with van der Waals surface area (Å²) in [5.41, 5.74) is -1.84. The van der Waals surface area contributed by atoms with Crippen LogP contribution in [-0.4, -0.2) is 51.7 Å². The normalized spacial score (nSPS) is 15.9. The van der Waals surface area contributed by atoms with Crippen molar-refractivity contribution in [2.75, 3.05) is 13.1 Å². The number of nitro groups is 1.